The van der Waals surface area contributed by atoms with Crippen molar-refractivity contribution in [1.82, 2.24) is 5.32 Å². The maximum absolute atomic E-state index is 11.3. The summed E-state index contributed by atoms with van der Waals surface area (Å²) in [6.45, 7) is 2.00. The van der Waals surface area contributed by atoms with Crippen molar-refractivity contribution in [2.45, 2.75) is 50.8 Å². The van der Waals surface area contributed by atoms with Crippen LogP contribution >= 0.6 is 0 Å². The lowest BCUT2D eigenvalue weighted by Crippen LogP contribution is -2.51. The van der Waals surface area contributed by atoms with E-state index in [9.17, 15) is 4.79 Å². The maximum Gasteiger partial charge on any atom is 0.237 e. The van der Waals surface area contributed by atoms with Crippen molar-refractivity contribution in [2.75, 3.05) is 0 Å². The molecule has 4 N–H and O–H groups in total. The summed E-state index contributed by atoms with van der Waals surface area (Å²) in [7, 11) is 0. The summed E-state index contributed by atoms with van der Waals surface area (Å²) >= 11 is 0. The van der Waals surface area contributed by atoms with Crippen LogP contribution in [0.4, 0.5) is 0 Å². The number of carbonyl (C=O) groups is 1. The van der Waals surface area contributed by atoms with Crippen LogP contribution in [0.1, 0.15) is 32.6 Å². The minimum Gasteiger partial charge on any atom is -0.393 e. The number of aliphatic hydroxyl groups is 1. The summed E-state index contributed by atoms with van der Waals surface area (Å²) in [4.78, 5) is 11.3. The van der Waals surface area contributed by atoms with Gasteiger partial charge in [0, 0.05) is 6.04 Å². The molecule has 76 valence electrons. The summed E-state index contributed by atoms with van der Waals surface area (Å²) in [5.74, 6) is -0.0845. The Balaban J connectivity index is 2.17. The van der Waals surface area contributed by atoms with E-state index in [4.69, 9.17) is 10.8 Å². The van der Waals surface area contributed by atoms with Gasteiger partial charge in [-0.3, -0.25) is 4.79 Å². The highest BCUT2D eigenvalue weighted by Crippen LogP contribution is 2.19. The first-order valence-electron chi connectivity index (χ1n) is 4.87. The predicted molar refractivity (Wildman–Crippen MR) is 50.1 cm³/mol. The highest BCUT2D eigenvalue weighted by Gasteiger charge is 2.29. The Morgan fingerprint density at radius 1 is 1.69 bits per heavy atom. The number of aliphatic hydroxyl groups excluding tert-OH is 1. The molecule has 1 aliphatic rings. The van der Waals surface area contributed by atoms with E-state index in [2.05, 4.69) is 5.32 Å². The van der Waals surface area contributed by atoms with Gasteiger partial charge in [0.2, 0.25) is 5.91 Å². The summed E-state index contributed by atoms with van der Waals surface area (Å²) in [6.07, 6.45) is 2.76. The van der Waals surface area contributed by atoms with Crippen molar-refractivity contribution in [3.05, 3.63) is 0 Å². The van der Waals surface area contributed by atoms with Gasteiger partial charge in [0.15, 0.2) is 0 Å². The van der Waals surface area contributed by atoms with Gasteiger partial charge in [-0.25, -0.2) is 0 Å². The lowest BCUT2D eigenvalue weighted by atomic mass is 9.89. The molecule has 1 unspecified atom stereocenters. The Morgan fingerprint density at radius 3 is 2.77 bits per heavy atom. The molecular formula is C9H18N2O2. The third-order valence-corrected chi connectivity index (χ3v) is 2.40. The highest BCUT2D eigenvalue weighted by atomic mass is 16.3. The second kappa shape index (κ2) is 4.58. The average Bonchev–Trinajstić information content (AvgIpc) is 2.02. The van der Waals surface area contributed by atoms with Crippen LogP contribution in [0.2, 0.25) is 0 Å². The van der Waals surface area contributed by atoms with Gasteiger partial charge in [0.05, 0.1) is 12.1 Å². The van der Waals surface area contributed by atoms with Crippen LogP contribution in [-0.2, 0) is 4.79 Å². The van der Waals surface area contributed by atoms with E-state index in [0.29, 0.717) is 12.8 Å². The van der Waals surface area contributed by atoms with Crippen molar-refractivity contribution < 1.29 is 9.90 Å². The highest BCUT2D eigenvalue weighted by molar-refractivity contribution is 5.81. The number of hydrogen-bond donors (Lipinski definition) is 3. The molecule has 1 amide bonds. The molecule has 13 heavy (non-hydrogen) atoms. The second-order valence-corrected chi connectivity index (χ2v) is 3.73. The number of amides is 1. The predicted octanol–water partition coefficient (Wildman–Crippen LogP) is -0.247. The van der Waals surface area contributed by atoms with E-state index in [1.807, 2.05) is 6.92 Å². The number of hydrogen-bond acceptors (Lipinski definition) is 3. The number of nitrogens with one attached hydrogen (secondary N) is 1. The molecule has 1 atom stereocenters. The van der Waals surface area contributed by atoms with Crippen molar-refractivity contribution >= 4 is 5.91 Å². The van der Waals surface area contributed by atoms with Crippen LogP contribution in [0.3, 0.4) is 0 Å². The summed E-state index contributed by atoms with van der Waals surface area (Å²) in [5.41, 5.74) is 5.61. The van der Waals surface area contributed by atoms with Gasteiger partial charge in [-0.2, -0.15) is 0 Å². The van der Waals surface area contributed by atoms with Gasteiger partial charge in [0.1, 0.15) is 0 Å². The second-order valence-electron chi connectivity index (χ2n) is 3.73. The van der Waals surface area contributed by atoms with E-state index in [1.165, 1.54) is 0 Å². The molecule has 1 fully saturated rings. The molecule has 0 aromatic heterocycles. The minimum absolute atomic E-state index is 0.0845. The Labute approximate surface area is 78.5 Å². The molecule has 0 saturated heterocycles. The average molecular weight is 186 g/mol. The Morgan fingerprint density at radius 2 is 2.31 bits per heavy atom. The van der Waals surface area contributed by atoms with E-state index in [-0.39, 0.29) is 24.1 Å². The van der Waals surface area contributed by atoms with Gasteiger partial charge in [0.25, 0.3) is 0 Å². The Kier molecular flexibility index (Phi) is 3.69. The van der Waals surface area contributed by atoms with Gasteiger partial charge < -0.3 is 16.2 Å². The SMILES string of the molecule is CCCC(N)C(=O)NC1CC(O)C1. The molecule has 0 aliphatic heterocycles. The molecule has 0 radical (unpaired) electrons. The van der Waals surface area contributed by atoms with Crippen molar-refractivity contribution in [2.24, 2.45) is 5.73 Å². The zero-order chi connectivity index (χ0) is 9.84. The minimum atomic E-state index is -0.386. The fourth-order valence-electron chi connectivity index (χ4n) is 1.46. The molecule has 0 aromatic rings. The molecule has 1 rings (SSSR count). The fourth-order valence-corrected chi connectivity index (χ4v) is 1.46. The lowest BCUT2D eigenvalue weighted by molar-refractivity contribution is -0.124. The smallest absolute Gasteiger partial charge is 0.237 e. The molecule has 0 aromatic carbocycles. The number of carbonyl (C=O) groups excluding carboxylic acids is 1. The molecule has 4 heteroatoms. The number of rotatable bonds is 4. The van der Waals surface area contributed by atoms with Crippen LogP contribution < -0.4 is 11.1 Å². The zero-order valence-electron chi connectivity index (χ0n) is 7.99. The van der Waals surface area contributed by atoms with Crippen LogP contribution in [0.5, 0.6) is 0 Å². The Bertz CT molecular complexity index is 178. The van der Waals surface area contributed by atoms with E-state index >= 15 is 0 Å². The molecule has 0 heterocycles. The standard InChI is InChI=1S/C9H18N2O2/c1-2-3-8(10)9(13)11-6-4-7(12)5-6/h6-8,12H,2-5,10H2,1H3,(H,11,13). The summed E-state index contributed by atoms with van der Waals surface area (Å²) in [5, 5.41) is 11.8. The molecule has 1 saturated carbocycles. The van der Waals surface area contributed by atoms with Crippen molar-refractivity contribution in [1.29, 1.82) is 0 Å². The van der Waals surface area contributed by atoms with Crippen LogP contribution in [-0.4, -0.2) is 29.2 Å². The topological polar surface area (TPSA) is 75.4 Å². The molecule has 0 spiro atoms. The zero-order valence-corrected chi connectivity index (χ0v) is 7.99. The van der Waals surface area contributed by atoms with Crippen molar-refractivity contribution in [3.8, 4) is 0 Å². The van der Waals surface area contributed by atoms with Crippen molar-refractivity contribution in [3.63, 3.8) is 0 Å². The molecule has 4 nitrogen and oxygen atoms in total. The Hall–Kier alpha value is -0.610. The maximum atomic E-state index is 11.3. The molecule has 1 aliphatic carbocycles. The van der Waals surface area contributed by atoms with Gasteiger partial charge in [-0.1, -0.05) is 13.3 Å². The quantitative estimate of drug-likeness (QED) is 0.567. The third kappa shape index (κ3) is 2.97. The van der Waals surface area contributed by atoms with Crippen LogP contribution in [0.15, 0.2) is 0 Å². The molecule has 0 bridgehead atoms. The summed E-state index contributed by atoms with van der Waals surface area (Å²) in [6, 6.07) is -0.242. The first-order chi connectivity index (χ1) is 6.13. The van der Waals surface area contributed by atoms with E-state index < -0.39 is 0 Å². The van der Waals surface area contributed by atoms with Crippen LogP contribution in [0.25, 0.3) is 0 Å². The molecular weight excluding hydrogens is 168 g/mol. The van der Waals surface area contributed by atoms with E-state index in [1.54, 1.807) is 0 Å². The first kappa shape index (κ1) is 10.5. The first-order valence-corrected chi connectivity index (χ1v) is 4.87. The van der Waals surface area contributed by atoms with Gasteiger partial charge in [-0.05, 0) is 19.3 Å². The van der Waals surface area contributed by atoms with Gasteiger partial charge >= 0.3 is 0 Å². The normalized spacial score (nSPS) is 29.2. The third-order valence-electron chi connectivity index (χ3n) is 2.40. The number of nitrogens with two attached hydrogens (primary N) is 1. The lowest BCUT2D eigenvalue weighted by Gasteiger charge is -2.32. The fraction of sp³-hybridized carbons (Fsp3) is 0.889. The summed E-state index contributed by atoms with van der Waals surface area (Å²) < 4.78 is 0. The monoisotopic (exact) mass is 186 g/mol. The van der Waals surface area contributed by atoms with Crippen LogP contribution in [0, 0.1) is 0 Å². The van der Waals surface area contributed by atoms with E-state index in [0.717, 1.165) is 12.8 Å². The largest absolute Gasteiger partial charge is 0.393 e. The van der Waals surface area contributed by atoms with Gasteiger partial charge in [-0.15, -0.1) is 0 Å².